The normalized spacial score (nSPS) is 15.6. The van der Waals surface area contributed by atoms with E-state index in [2.05, 4.69) is 388 Å². The minimum Gasteiger partial charge on any atom is -0.0651 e. The summed E-state index contributed by atoms with van der Waals surface area (Å²) in [5.74, 6) is 8.33. The molecule has 1 saturated carbocycles. The molecule has 0 unspecified atom stereocenters. The van der Waals surface area contributed by atoms with E-state index in [0.29, 0.717) is 75.8 Å². The van der Waals surface area contributed by atoms with Crippen LogP contribution in [0.5, 0.6) is 0 Å². The van der Waals surface area contributed by atoms with Gasteiger partial charge in [-0.3, -0.25) is 0 Å². The first-order chi connectivity index (χ1) is 37.7. The van der Waals surface area contributed by atoms with Gasteiger partial charge in [0.15, 0.2) is 0 Å². The molecule has 0 aromatic rings. The zero-order chi connectivity index (χ0) is 74.4. The van der Waals surface area contributed by atoms with Gasteiger partial charge < -0.3 is 0 Å². The van der Waals surface area contributed by atoms with Gasteiger partial charge in [0.05, 0.1) is 0 Å². The van der Waals surface area contributed by atoms with Crippen LogP contribution in [0.25, 0.3) is 0 Å². The predicted octanol–water partition coefficient (Wildman–Crippen LogP) is 33.1. The summed E-state index contributed by atoms with van der Waals surface area (Å²) in [6.07, 6.45) is 11.5. The Hall–Kier alpha value is 0. The highest BCUT2D eigenvalue weighted by Gasteiger charge is 2.42. The van der Waals surface area contributed by atoms with E-state index in [1.807, 2.05) is 0 Å². The van der Waals surface area contributed by atoms with Crippen molar-refractivity contribution < 1.29 is 0 Å². The Labute approximate surface area is 571 Å². The summed E-state index contributed by atoms with van der Waals surface area (Å²) in [5.41, 5.74) is 6.29. The Balaban J connectivity index is -0.000000113. The van der Waals surface area contributed by atoms with E-state index in [9.17, 15) is 0 Å². The minimum absolute atomic E-state index is 0.375. The van der Waals surface area contributed by atoms with Crippen molar-refractivity contribution in [3.05, 3.63) is 0 Å². The molecule has 0 heteroatoms. The van der Waals surface area contributed by atoms with E-state index in [0.717, 1.165) is 59.2 Å². The first-order valence-corrected chi connectivity index (χ1v) is 37.7. The third-order valence-electron chi connectivity index (χ3n) is 25.3. The molecule has 0 N–H and O–H groups in total. The molecule has 0 spiro atoms. The molecule has 3 atom stereocenters. The molecule has 0 nitrogen and oxygen atoms in total. The van der Waals surface area contributed by atoms with Crippen LogP contribution in [0.1, 0.15) is 439 Å². The Kier molecular flexibility index (Phi) is 52.4. The molecule has 1 rings (SSSR count). The highest BCUT2D eigenvalue weighted by Crippen LogP contribution is 2.51. The quantitative estimate of drug-likeness (QED) is 0.238. The van der Waals surface area contributed by atoms with Crippen molar-refractivity contribution in [2.45, 2.75) is 439 Å². The van der Waals surface area contributed by atoms with Gasteiger partial charge in [0.25, 0.3) is 0 Å². The molecule has 546 valence electrons. The number of rotatable bonds is 7. The van der Waals surface area contributed by atoms with E-state index in [1.165, 1.54) is 51.4 Å². The molecule has 0 radical (unpaired) electrons. The fraction of sp³-hybridized carbons (Fsp3) is 1.00. The van der Waals surface area contributed by atoms with Gasteiger partial charge in [-0.1, -0.05) is 439 Å². The van der Waals surface area contributed by atoms with Gasteiger partial charge in [-0.05, 0) is 135 Å². The molecule has 0 amide bonds. The lowest BCUT2D eigenvalue weighted by molar-refractivity contribution is 0.00575. The molecule has 0 bridgehead atoms. The average Bonchev–Trinajstić information content (AvgIpc) is 3.29. The second-order valence-electron chi connectivity index (χ2n) is 43.6. The van der Waals surface area contributed by atoms with E-state index in [4.69, 9.17) is 0 Å². The summed E-state index contributed by atoms with van der Waals surface area (Å²) in [6, 6.07) is 0. The van der Waals surface area contributed by atoms with Crippen LogP contribution in [-0.2, 0) is 0 Å². The number of hydrogen-bond acceptors (Lipinski definition) is 0. The van der Waals surface area contributed by atoms with Crippen molar-refractivity contribution in [3.63, 3.8) is 0 Å². The van der Waals surface area contributed by atoms with Crippen LogP contribution in [0.4, 0.5) is 0 Å². The zero-order valence-corrected chi connectivity index (χ0v) is 74.4. The van der Waals surface area contributed by atoms with Crippen LogP contribution < -0.4 is 0 Å². The number of hydrogen-bond donors (Lipinski definition) is 0. The second-order valence-corrected chi connectivity index (χ2v) is 43.6. The third kappa shape index (κ3) is 54.3. The lowest BCUT2D eigenvalue weighted by Crippen LogP contribution is -2.41. The van der Waals surface area contributed by atoms with Crippen molar-refractivity contribution in [2.75, 3.05) is 0 Å². The molecule has 0 aromatic heterocycles. The smallest absolute Gasteiger partial charge is 0.0257 e. The molecule has 0 heterocycles. The van der Waals surface area contributed by atoms with E-state index in [1.54, 1.807) is 0 Å². The fourth-order valence-corrected chi connectivity index (χ4v) is 7.83. The van der Waals surface area contributed by atoms with Gasteiger partial charge in [0.2, 0.25) is 0 Å². The standard InChI is InChI=1S/C11H24.C10H22.4C9H20.C8H16.2C8H18.C7H16/c1-9(2,3)11(7,8)10(4,5)6;1-8(9(2,3)4)10(5,6)7;1-7-9(5,6)8(2,3)4;2*1-7(2)8(3)9(4,5)6;1-7(2)9(5,6)8(3)4;1-2-8-6-4-3-5-7-8;1-7(2,3)8(4,5)6;1-6-7(2)8(3,4)5;1-6(2)7(3,4)5/h1-8H3;8H,1-7H3;7H2,1-6H3;3*7-8H,1-6H3;8H,2-7H2,1H3;1-6H3;7H,6H2,1-5H3;6H,1-5H3/t;;;2*8-;;;;7-;/m...11...1./s1. The first-order valence-electron chi connectivity index (χ1n) is 37.7. The SMILES string of the molecule is CC(C(C)(C)C)C(C)(C)C.CC(C)(C)C(C)(C)C.CC(C)(C)C(C)(C)C(C)(C)C.CC(C)C(C)(C)C.CC(C)C(C)(C)C(C)C.CC(C)[C@@H](C)C(C)(C)C.CC(C)[C@@H](C)C(C)(C)C.CCC(C)(C)C(C)(C)C.CCC1CCCCC1.CC[C@@H](C)C(C)(C)C. The van der Waals surface area contributed by atoms with Crippen LogP contribution in [0.15, 0.2) is 0 Å². The van der Waals surface area contributed by atoms with Crippen molar-refractivity contribution in [1.82, 2.24) is 0 Å². The molecule has 0 aliphatic heterocycles. The maximum Gasteiger partial charge on any atom is -0.0257 e. The summed E-state index contributed by atoms with van der Waals surface area (Å²) in [6.45, 7) is 129. The van der Waals surface area contributed by atoms with Crippen LogP contribution >= 0.6 is 0 Å². The van der Waals surface area contributed by atoms with Gasteiger partial charge in [-0.2, -0.15) is 0 Å². The van der Waals surface area contributed by atoms with Gasteiger partial charge in [0, 0.05) is 0 Å². The molecule has 1 fully saturated rings. The Morgan fingerprint density at radius 3 is 0.568 bits per heavy atom. The molecule has 88 heavy (non-hydrogen) atoms. The lowest BCUT2D eigenvalue weighted by atomic mass is 9.56. The third-order valence-corrected chi connectivity index (χ3v) is 25.3. The van der Waals surface area contributed by atoms with Crippen molar-refractivity contribution in [2.24, 2.45) is 135 Å². The van der Waals surface area contributed by atoms with Gasteiger partial charge in [-0.15, -0.1) is 0 Å². The largest absolute Gasteiger partial charge is 0.0651 e. The summed E-state index contributed by atoms with van der Waals surface area (Å²) < 4.78 is 0. The summed E-state index contributed by atoms with van der Waals surface area (Å²) in [5, 5.41) is 0. The summed E-state index contributed by atoms with van der Waals surface area (Å²) in [4.78, 5) is 0. The van der Waals surface area contributed by atoms with E-state index >= 15 is 0 Å². The van der Waals surface area contributed by atoms with Gasteiger partial charge >= 0.3 is 0 Å². The maximum absolute atomic E-state index is 2.35. The van der Waals surface area contributed by atoms with Crippen molar-refractivity contribution in [3.8, 4) is 0 Å². The summed E-state index contributed by atoms with van der Waals surface area (Å²) in [7, 11) is 0. The second kappa shape index (κ2) is 43.2. The first kappa shape index (κ1) is 107. The van der Waals surface area contributed by atoms with Gasteiger partial charge in [-0.25, -0.2) is 0 Å². The molecule has 0 aromatic carbocycles. The maximum atomic E-state index is 2.35. The monoisotopic (exact) mass is 1250 g/mol. The van der Waals surface area contributed by atoms with Crippen molar-refractivity contribution in [1.29, 1.82) is 0 Å². The highest BCUT2D eigenvalue weighted by molar-refractivity contribution is 4.91. The summed E-state index contributed by atoms with van der Waals surface area (Å²) >= 11 is 0. The topological polar surface area (TPSA) is 0 Å². The fourth-order valence-electron chi connectivity index (χ4n) is 7.83. The molecule has 0 saturated heterocycles. The molecular weight excluding hydrogens is 1060 g/mol. The van der Waals surface area contributed by atoms with Gasteiger partial charge in [0.1, 0.15) is 0 Å². The molecule has 1 aliphatic carbocycles. The lowest BCUT2D eigenvalue weighted by Gasteiger charge is -2.49. The Morgan fingerprint density at radius 1 is 0.284 bits per heavy atom. The van der Waals surface area contributed by atoms with Crippen LogP contribution in [-0.4, -0.2) is 0 Å². The van der Waals surface area contributed by atoms with Crippen LogP contribution in [0.2, 0.25) is 0 Å². The van der Waals surface area contributed by atoms with E-state index in [-0.39, 0.29) is 0 Å². The molecular formula is C88H194. The van der Waals surface area contributed by atoms with Crippen molar-refractivity contribution >= 4 is 0 Å². The van der Waals surface area contributed by atoms with E-state index < -0.39 is 0 Å². The highest BCUT2D eigenvalue weighted by atomic mass is 14.5. The Bertz CT molecular complexity index is 1480. The Morgan fingerprint density at radius 2 is 0.534 bits per heavy atom. The minimum atomic E-state index is 0.375. The van der Waals surface area contributed by atoms with Crippen LogP contribution in [0.3, 0.4) is 0 Å². The molecule has 1 aliphatic rings. The average molecular weight is 1250 g/mol. The van der Waals surface area contributed by atoms with Crippen LogP contribution in [0, 0.1) is 135 Å². The predicted molar refractivity (Wildman–Crippen MR) is 424 cm³/mol. The zero-order valence-electron chi connectivity index (χ0n) is 74.4.